The van der Waals surface area contributed by atoms with E-state index in [1.54, 1.807) is 23.1 Å². The van der Waals surface area contributed by atoms with Gasteiger partial charge in [0.2, 0.25) is 15.9 Å². The first-order valence-corrected chi connectivity index (χ1v) is 11.7. The van der Waals surface area contributed by atoms with E-state index in [1.165, 1.54) is 24.3 Å². The van der Waals surface area contributed by atoms with Crippen LogP contribution in [0.15, 0.2) is 58.3 Å². The Balaban J connectivity index is 1.73. The summed E-state index contributed by atoms with van der Waals surface area (Å²) in [6.07, 6.45) is 2.41. The summed E-state index contributed by atoms with van der Waals surface area (Å²) >= 11 is 0. The second kappa shape index (κ2) is 7.41. The minimum Gasteiger partial charge on any atom is -0.312 e. The third-order valence-electron chi connectivity index (χ3n) is 4.32. The number of rotatable bonds is 6. The maximum absolute atomic E-state index is 12.4. The Kier molecular flexibility index (Phi) is 5.36. The molecule has 7 nitrogen and oxygen atoms in total. The number of nitrogens with zero attached hydrogens (tertiary/aromatic N) is 1. The molecule has 0 spiro atoms. The van der Waals surface area contributed by atoms with Crippen LogP contribution in [0, 0.1) is 0 Å². The normalized spacial score (nSPS) is 15.3. The Morgan fingerprint density at radius 3 is 2.26 bits per heavy atom. The molecule has 0 radical (unpaired) electrons. The van der Waals surface area contributed by atoms with Crippen LogP contribution in [0.4, 0.5) is 5.69 Å². The number of hydrogen-bond donors (Lipinski definition) is 1. The van der Waals surface area contributed by atoms with Gasteiger partial charge in [-0.3, -0.25) is 4.79 Å². The van der Waals surface area contributed by atoms with Crippen molar-refractivity contribution in [2.75, 3.05) is 17.7 Å². The van der Waals surface area contributed by atoms with Crippen LogP contribution >= 0.6 is 0 Å². The first-order valence-electron chi connectivity index (χ1n) is 8.36. The van der Waals surface area contributed by atoms with Crippen molar-refractivity contribution < 1.29 is 21.6 Å². The Morgan fingerprint density at radius 1 is 1.00 bits per heavy atom. The number of amides is 1. The maximum Gasteiger partial charge on any atom is 0.240 e. The monoisotopic (exact) mass is 408 g/mol. The van der Waals surface area contributed by atoms with Gasteiger partial charge in [-0.1, -0.05) is 12.1 Å². The molecule has 0 atom stereocenters. The van der Waals surface area contributed by atoms with Crippen LogP contribution in [-0.4, -0.2) is 35.5 Å². The van der Waals surface area contributed by atoms with Crippen LogP contribution in [0.25, 0.3) is 0 Å². The van der Waals surface area contributed by atoms with Crippen molar-refractivity contribution >= 4 is 31.5 Å². The number of benzene rings is 2. The molecule has 9 heteroatoms. The average Bonchev–Trinajstić information content (AvgIpc) is 3.06. The Morgan fingerprint density at radius 2 is 1.67 bits per heavy atom. The summed E-state index contributed by atoms with van der Waals surface area (Å²) in [6.45, 7) is 0.729. The molecule has 1 fully saturated rings. The molecular formula is C18H20N2O5S2. The largest absolute Gasteiger partial charge is 0.312 e. The first kappa shape index (κ1) is 19.5. The van der Waals surface area contributed by atoms with Gasteiger partial charge in [0.05, 0.1) is 9.79 Å². The van der Waals surface area contributed by atoms with Gasteiger partial charge in [-0.05, 0) is 48.4 Å². The molecule has 1 saturated heterocycles. The fourth-order valence-corrected chi connectivity index (χ4v) is 4.53. The average molecular weight is 409 g/mol. The highest BCUT2D eigenvalue weighted by molar-refractivity contribution is 7.90. The number of carbonyl (C=O) groups is 1. The van der Waals surface area contributed by atoms with E-state index in [1.807, 2.05) is 6.07 Å². The predicted octanol–water partition coefficient (Wildman–Crippen LogP) is 1.70. The van der Waals surface area contributed by atoms with Gasteiger partial charge in [-0.2, -0.15) is 0 Å². The molecule has 0 bridgehead atoms. The van der Waals surface area contributed by atoms with Gasteiger partial charge in [-0.15, -0.1) is 0 Å². The van der Waals surface area contributed by atoms with Gasteiger partial charge in [0.1, 0.15) is 0 Å². The Hall–Kier alpha value is -2.23. The van der Waals surface area contributed by atoms with E-state index in [0.29, 0.717) is 13.0 Å². The standard InChI is InChI=1S/C18H20N2O5S2/c1-26(22,23)16-7-9-17(10-8-16)27(24,25)19-13-14-4-2-5-15(12-14)20-11-3-6-18(20)21/h2,4-5,7-10,12,19H,3,6,11,13H2,1H3. The number of anilines is 1. The number of carbonyl (C=O) groups excluding carboxylic acids is 1. The van der Waals surface area contributed by atoms with Crippen molar-refractivity contribution in [1.82, 2.24) is 4.72 Å². The van der Waals surface area contributed by atoms with Crippen molar-refractivity contribution in [3.63, 3.8) is 0 Å². The van der Waals surface area contributed by atoms with E-state index >= 15 is 0 Å². The van der Waals surface area contributed by atoms with E-state index in [2.05, 4.69) is 4.72 Å². The fourth-order valence-electron chi connectivity index (χ4n) is 2.88. The minimum absolute atomic E-state index is 0.0132. The quantitative estimate of drug-likeness (QED) is 0.784. The fraction of sp³-hybridized carbons (Fsp3) is 0.278. The van der Waals surface area contributed by atoms with Gasteiger partial charge < -0.3 is 4.90 Å². The molecule has 1 N–H and O–H groups in total. The third-order valence-corrected chi connectivity index (χ3v) is 6.87. The molecule has 1 aliphatic rings. The van der Waals surface area contributed by atoms with Gasteiger partial charge in [-0.25, -0.2) is 21.6 Å². The number of sulfone groups is 1. The van der Waals surface area contributed by atoms with Crippen LogP contribution in [0.5, 0.6) is 0 Å². The second-order valence-electron chi connectivity index (χ2n) is 6.39. The lowest BCUT2D eigenvalue weighted by Crippen LogP contribution is -2.25. The highest BCUT2D eigenvalue weighted by Gasteiger charge is 2.22. The number of nitrogens with one attached hydrogen (secondary N) is 1. The smallest absolute Gasteiger partial charge is 0.240 e. The van der Waals surface area contributed by atoms with Gasteiger partial charge in [0.25, 0.3) is 0 Å². The van der Waals surface area contributed by atoms with Crippen LogP contribution < -0.4 is 9.62 Å². The summed E-state index contributed by atoms with van der Waals surface area (Å²) in [4.78, 5) is 13.6. The molecule has 2 aromatic carbocycles. The summed E-state index contributed by atoms with van der Waals surface area (Å²) in [5, 5.41) is 0. The predicted molar refractivity (Wildman–Crippen MR) is 102 cm³/mol. The highest BCUT2D eigenvalue weighted by atomic mass is 32.2. The van der Waals surface area contributed by atoms with Crippen LogP contribution in [0.2, 0.25) is 0 Å². The lowest BCUT2D eigenvalue weighted by molar-refractivity contribution is -0.117. The molecule has 1 heterocycles. The molecule has 3 rings (SSSR count). The second-order valence-corrected chi connectivity index (χ2v) is 10.2. The Bertz CT molecular complexity index is 1060. The number of hydrogen-bond acceptors (Lipinski definition) is 5. The number of sulfonamides is 1. The zero-order valence-corrected chi connectivity index (χ0v) is 16.4. The highest BCUT2D eigenvalue weighted by Crippen LogP contribution is 2.22. The van der Waals surface area contributed by atoms with E-state index < -0.39 is 19.9 Å². The molecule has 1 aliphatic heterocycles. The van der Waals surface area contributed by atoms with E-state index in [0.717, 1.165) is 23.9 Å². The van der Waals surface area contributed by atoms with Crippen molar-refractivity contribution in [1.29, 1.82) is 0 Å². The summed E-state index contributed by atoms with van der Waals surface area (Å²) in [5.41, 5.74) is 1.48. The van der Waals surface area contributed by atoms with Gasteiger partial charge in [0.15, 0.2) is 9.84 Å². The maximum atomic E-state index is 12.4. The lowest BCUT2D eigenvalue weighted by Gasteiger charge is -2.16. The molecule has 1 amide bonds. The molecule has 0 saturated carbocycles. The summed E-state index contributed by atoms with van der Waals surface area (Å²) in [6, 6.07) is 12.2. The molecule has 0 unspecified atom stereocenters. The topological polar surface area (TPSA) is 101 Å². The Labute approximate surface area is 159 Å². The third kappa shape index (κ3) is 4.55. The van der Waals surface area contributed by atoms with Gasteiger partial charge in [0, 0.05) is 31.5 Å². The van der Waals surface area contributed by atoms with Crippen molar-refractivity contribution in [2.45, 2.75) is 29.2 Å². The van der Waals surface area contributed by atoms with Gasteiger partial charge >= 0.3 is 0 Å². The van der Waals surface area contributed by atoms with Crippen LogP contribution in [0.1, 0.15) is 18.4 Å². The molecule has 144 valence electrons. The van der Waals surface area contributed by atoms with Crippen molar-refractivity contribution in [3.05, 3.63) is 54.1 Å². The minimum atomic E-state index is -3.79. The SMILES string of the molecule is CS(=O)(=O)c1ccc(S(=O)(=O)NCc2cccc(N3CCCC3=O)c2)cc1. The summed E-state index contributed by atoms with van der Waals surface area (Å²) < 4.78 is 50.3. The summed E-state index contributed by atoms with van der Waals surface area (Å²) in [7, 11) is -7.17. The molecule has 0 aliphatic carbocycles. The molecule has 27 heavy (non-hydrogen) atoms. The van der Waals surface area contributed by atoms with Crippen molar-refractivity contribution in [3.8, 4) is 0 Å². The van der Waals surface area contributed by atoms with E-state index in [9.17, 15) is 21.6 Å². The zero-order chi connectivity index (χ0) is 19.7. The van der Waals surface area contributed by atoms with Crippen LogP contribution in [0.3, 0.4) is 0 Å². The first-order chi connectivity index (χ1) is 12.7. The lowest BCUT2D eigenvalue weighted by atomic mass is 10.2. The van der Waals surface area contributed by atoms with Crippen LogP contribution in [-0.2, 0) is 31.2 Å². The molecular weight excluding hydrogens is 388 g/mol. The molecule has 2 aromatic rings. The van der Waals surface area contributed by atoms with Crippen molar-refractivity contribution in [2.24, 2.45) is 0 Å². The zero-order valence-electron chi connectivity index (χ0n) is 14.8. The molecule has 0 aromatic heterocycles. The van der Waals surface area contributed by atoms with E-state index in [-0.39, 0.29) is 22.2 Å². The van der Waals surface area contributed by atoms with E-state index in [4.69, 9.17) is 0 Å². The summed E-state index contributed by atoms with van der Waals surface area (Å²) in [5.74, 6) is 0.0682.